The molecular formula is C18H28O2Si. The van der Waals surface area contributed by atoms with Crippen LogP contribution in [0.15, 0.2) is 30.3 Å². The predicted molar refractivity (Wildman–Crippen MR) is 89.5 cm³/mol. The number of hydrogen-bond acceptors (Lipinski definition) is 2. The van der Waals surface area contributed by atoms with E-state index in [1.807, 2.05) is 0 Å². The van der Waals surface area contributed by atoms with Gasteiger partial charge < -0.3 is 9.47 Å². The van der Waals surface area contributed by atoms with Crippen molar-refractivity contribution < 1.29 is 9.47 Å². The van der Waals surface area contributed by atoms with Crippen molar-refractivity contribution in [2.45, 2.75) is 57.7 Å². The van der Waals surface area contributed by atoms with Gasteiger partial charge in [0, 0.05) is 6.42 Å². The highest BCUT2D eigenvalue weighted by Crippen LogP contribution is 2.55. The van der Waals surface area contributed by atoms with Crippen molar-refractivity contribution in [1.29, 1.82) is 0 Å². The SMILES string of the molecule is CC(C)C1CC2(C)OCC1(C[Si](C)(C)c1ccccc1)O2. The molecule has 2 heterocycles. The summed E-state index contributed by atoms with van der Waals surface area (Å²) in [6.45, 7) is 12.5. The second-order valence-corrected chi connectivity index (χ2v) is 12.8. The molecule has 0 aromatic heterocycles. The molecule has 116 valence electrons. The molecule has 2 fully saturated rings. The topological polar surface area (TPSA) is 18.5 Å². The van der Waals surface area contributed by atoms with Crippen LogP contribution in [-0.4, -0.2) is 26.1 Å². The molecule has 2 saturated heterocycles. The summed E-state index contributed by atoms with van der Waals surface area (Å²) in [4.78, 5) is 0. The molecular weight excluding hydrogens is 276 g/mol. The largest absolute Gasteiger partial charge is 0.347 e. The standard InChI is InChI=1S/C18H28O2Si/c1-14(2)16-11-17(3)19-12-18(16,20-17)13-21(4,5)15-9-7-6-8-10-15/h6-10,14,16H,11-13H2,1-5H3. The van der Waals surface area contributed by atoms with Gasteiger partial charge in [0.15, 0.2) is 5.79 Å². The van der Waals surface area contributed by atoms with Crippen molar-refractivity contribution in [2.75, 3.05) is 6.61 Å². The molecule has 3 rings (SSSR count). The van der Waals surface area contributed by atoms with Crippen molar-refractivity contribution >= 4 is 13.3 Å². The quantitative estimate of drug-likeness (QED) is 0.788. The summed E-state index contributed by atoms with van der Waals surface area (Å²) < 4.78 is 12.5. The van der Waals surface area contributed by atoms with Gasteiger partial charge in [-0.2, -0.15) is 0 Å². The van der Waals surface area contributed by atoms with E-state index in [9.17, 15) is 0 Å². The summed E-state index contributed by atoms with van der Waals surface area (Å²) in [5.41, 5.74) is -0.0610. The van der Waals surface area contributed by atoms with Crippen molar-refractivity contribution in [2.24, 2.45) is 11.8 Å². The zero-order valence-electron chi connectivity index (χ0n) is 14.0. The van der Waals surface area contributed by atoms with Crippen LogP contribution >= 0.6 is 0 Å². The lowest BCUT2D eigenvalue weighted by atomic mass is 9.78. The molecule has 2 bridgehead atoms. The Balaban J connectivity index is 1.89. The van der Waals surface area contributed by atoms with Gasteiger partial charge in [-0.15, -0.1) is 0 Å². The number of benzene rings is 1. The van der Waals surface area contributed by atoms with Crippen LogP contribution in [0.2, 0.25) is 19.1 Å². The first-order chi connectivity index (χ1) is 9.77. The van der Waals surface area contributed by atoms with E-state index in [1.54, 1.807) is 0 Å². The molecule has 2 aliphatic rings. The van der Waals surface area contributed by atoms with E-state index in [1.165, 1.54) is 5.19 Å². The first-order valence-corrected chi connectivity index (χ1v) is 11.4. The molecule has 21 heavy (non-hydrogen) atoms. The lowest BCUT2D eigenvalue weighted by Crippen LogP contribution is -2.52. The average molecular weight is 305 g/mol. The molecule has 3 heteroatoms. The summed E-state index contributed by atoms with van der Waals surface area (Å²) >= 11 is 0. The van der Waals surface area contributed by atoms with Crippen molar-refractivity contribution in [3.63, 3.8) is 0 Å². The fourth-order valence-electron chi connectivity index (χ4n) is 4.43. The number of hydrogen-bond donors (Lipinski definition) is 0. The Morgan fingerprint density at radius 1 is 1.24 bits per heavy atom. The molecule has 1 aromatic rings. The van der Waals surface area contributed by atoms with Gasteiger partial charge in [-0.25, -0.2) is 0 Å². The first kappa shape index (κ1) is 15.3. The molecule has 0 N–H and O–H groups in total. The molecule has 1 aromatic carbocycles. The Labute approximate surface area is 129 Å². The molecule has 0 radical (unpaired) electrons. The van der Waals surface area contributed by atoms with Gasteiger partial charge in [-0.05, 0) is 24.8 Å². The fourth-order valence-corrected chi connectivity index (χ4v) is 7.66. The van der Waals surface area contributed by atoms with E-state index in [0.717, 1.165) is 19.1 Å². The van der Waals surface area contributed by atoms with Crippen LogP contribution in [0.1, 0.15) is 27.2 Å². The first-order valence-electron chi connectivity index (χ1n) is 8.16. The minimum Gasteiger partial charge on any atom is -0.347 e. The van der Waals surface area contributed by atoms with Gasteiger partial charge >= 0.3 is 0 Å². The lowest BCUT2D eigenvalue weighted by Gasteiger charge is -2.39. The Morgan fingerprint density at radius 2 is 1.90 bits per heavy atom. The van der Waals surface area contributed by atoms with E-state index in [0.29, 0.717) is 11.8 Å². The lowest BCUT2D eigenvalue weighted by molar-refractivity contribution is -0.136. The molecule has 0 saturated carbocycles. The molecule has 0 aliphatic carbocycles. The van der Waals surface area contributed by atoms with Crippen LogP contribution in [-0.2, 0) is 9.47 Å². The van der Waals surface area contributed by atoms with Gasteiger partial charge in [0.25, 0.3) is 0 Å². The summed E-state index contributed by atoms with van der Waals surface area (Å²) in [5.74, 6) is 0.930. The molecule has 0 spiro atoms. The molecule has 3 unspecified atom stereocenters. The minimum atomic E-state index is -1.54. The van der Waals surface area contributed by atoms with Crippen molar-refractivity contribution in [3.05, 3.63) is 30.3 Å². The highest BCUT2D eigenvalue weighted by molar-refractivity contribution is 6.90. The van der Waals surface area contributed by atoms with Gasteiger partial charge in [0.2, 0.25) is 0 Å². The maximum Gasteiger partial charge on any atom is 0.166 e. The Hall–Kier alpha value is -0.643. The van der Waals surface area contributed by atoms with E-state index < -0.39 is 8.07 Å². The smallest absolute Gasteiger partial charge is 0.166 e. The zero-order valence-corrected chi connectivity index (χ0v) is 15.0. The van der Waals surface area contributed by atoms with Crippen LogP contribution in [0.25, 0.3) is 0 Å². The van der Waals surface area contributed by atoms with Crippen molar-refractivity contribution in [1.82, 2.24) is 0 Å². The second-order valence-electron chi connectivity index (χ2n) is 8.07. The summed E-state index contributed by atoms with van der Waals surface area (Å²) in [7, 11) is -1.54. The molecule has 2 aliphatic heterocycles. The normalized spacial score (nSPS) is 35.6. The Morgan fingerprint density at radius 3 is 2.48 bits per heavy atom. The highest BCUT2D eigenvalue weighted by atomic mass is 28.3. The van der Waals surface area contributed by atoms with Crippen LogP contribution in [0.4, 0.5) is 0 Å². The van der Waals surface area contributed by atoms with E-state index in [2.05, 4.69) is 64.2 Å². The maximum absolute atomic E-state index is 6.49. The third-order valence-corrected chi connectivity index (χ3v) is 8.79. The Bertz CT molecular complexity index is 513. The predicted octanol–water partition coefficient (Wildman–Crippen LogP) is 3.78. The van der Waals surface area contributed by atoms with Crippen molar-refractivity contribution in [3.8, 4) is 0 Å². The minimum absolute atomic E-state index is 0.0610. The third-order valence-electron chi connectivity index (χ3n) is 5.41. The van der Waals surface area contributed by atoms with Crippen LogP contribution < -0.4 is 5.19 Å². The monoisotopic (exact) mass is 304 g/mol. The molecule has 0 amide bonds. The van der Waals surface area contributed by atoms with E-state index >= 15 is 0 Å². The number of fused-ring (bicyclic) bond motifs is 2. The van der Waals surface area contributed by atoms with Gasteiger partial charge in [-0.1, -0.05) is 62.5 Å². The summed E-state index contributed by atoms with van der Waals surface area (Å²) in [6.07, 6.45) is 1.05. The van der Waals surface area contributed by atoms with Gasteiger partial charge in [0.1, 0.15) is 0 Å². The van der Waals surface area contributed by atoms with Gasteiger partial charge in [0.05, 0.1) is 20.3 Å². The van der Waals surface area contributed by atoms with E-state index in [-0.39, 0.29) is 11.4 Å². The Kier molecular flexibility index (Phi) is 3.59. The third kappa shape index (κ3) is 2.60. The van der Waals surface area contributed by atoms with Gasteiger partial charge in [-0.3, -0.25) is 0 Å². The maximum atomic E-state index is 6.49. The van der Waals surface area contributed by atoms with E-state index in [4.69, 9.17) is 9.47 Å². The van der Waals surface area contributed by atoms with Crippen LogP contribution in [0.3, 0.4) is 0 Å². The number of ether oxygens (including phenoxy) is 2. The number of rotatable bonds is 4. The van der Waals surface area contributed by atoms with Crippen LogP contribution in [0.5, 0.6) is 0 Å². The summed E-state index contributed by atoms with van der Waals surface area (Å²) in [6, 6.07) is 12.2. The molecule has 2 nitrogen and oxygen atoms in total. The second kappa shape index (κ2) is 4.93. The average Bonchev–Trinajstić information content (AvgIpc) is 2.89. The van der Waals surface area contributed by atoms with Crippen LogP contribution in [0, 0.1) is 11.8 Å². The fraction of sp³-hybridized carbons (Fsp3) is 0.667. The summed E-state index contributed by atoms with van der Waals surface area (Å²) in [5, 5.41) is 1.52. The zero-order chi connectivity index (χ0) is 15.3. The highest BCUT2D eigenvalue weighted by Gasteiger charge is 2.62. The molecule has 3 atom stereocenters.